The van der Waals surface area contributed by atoms with Crippen molar-refractivity contribution in [3.8, 4) is 5.75 Å². The number of phenols is 1. The standard InChI is InChI=1S/C13H10Br2FNO/c14-9-1-2-12(15)13(5-9)17-7-8-3-10(16)6-11(18)4-8/h1-6,17-18H,7H2. The molecule has 0 saturated heterocycles. The molecule has 0 radical (unpaired) electrons. The van der Waals surface area contributed by atoms with Crippen LogP contribution < -0.4 is 5.32 Å². The molecule has 94 valence electrons. The highest BCUT2D eigenvalue weighted by Gasteiger charge is 2.03. The molecule has 0 atom stereocenters. The van der Waals surface area contributed by atoms with Gasteiger partial charge in [-0.25, -0.2) is 4.39 Å². The van der Waals surface area contributed by atoms with Crippen molar-refractivity contribution in [3.63, 3.8) is 0 Å². The molecule has 0 aliphatic rings. The van der Waals surface area contributed by atoms with Gasteiger partial charge >= 0.3 is 0 Å². The molecule has 0 amide bonds. The summed E-state index contributed by atoms with van der Waals surface area (Å²) >= 11 is 6.81. The maximum Gasteiger partial charge on any atom is 0.127 e. The van der Waals surface area contributed by atoms with E-state index in [9.17, 15) is 9.50 Å². The Balaban J connectivity index is 2.13. The van der Waals surface area contributed by atoms with E-state index in [-0.39, 0.29) is 5.75 Å². The quantitative estimate of drug-likeness (QED) is 0.818. The zero-order chi connectivity index (χ0) is 13.1. The van der Waals surface area contributed by atoms with Crippen LogP contribution in [0.15, 0.2) is 45.3 Å². The van der Waals surface area contributed by atoms with Crippen molar-refractivity contribution in [2.24, 2.45) is 0 Å². The molecule has 0 aliphatic heterocycles. The molecule has 0 bridgehead atoms. The van der Waals surface area contributed by atoms with Crippen LogP contribution in [0.4, 0.5) is 10.1 Å². The Labute approximate surface area is 121 Å². The normalized spacial score (nSPS) is 10.4. The van der Waals surface area contributed by atoms with Crippen LogP contribution in [0.3, 0.4) is 0 Å². The van der Waals surface area contributed by atoms with Crippen LogP contribution in [-0.4, -0.2) is 5.11 Å². The van der Waals surface area contributed by atoms with Gasteiger partial charge in [-0.05, 0) is 51.8 Å². The maximum atomic E-state index is 13.1. The summed E-state index contributed by atoms with van der Waals surface area (Å²) in [5.41, 5.74) is 1.58. The molecule has 0 heterocycles. The van der Waals surface area contributed by atoms with E-state index < -0.39 is 5.82 Å². The van der Waals surface area contributed by atoms with Crippen LogP contribution in [0, 0.1) is 5.82 Å². The van der Waals surface area contributed by atoms with E-state index in [0.717, 1.165) is 20.7 Å². The molecule has 2 aromatic carbocycles. The lowest BCUT2D eigenvalue weighted by Gasteiger charge is -2.09. The van der Waals surface area contributed by atoms with E-state index >= 15 is 0 Å². The Morgan fingerprint density at radius 2 is 1.89 bits per heavy atom. The van der Waals surface area contributed by atoms with Crippen molar-refractivity contribution in [3.05, 3.63) is 56.7 Å². The Morgan fingerprint density at radius 3 is 2.61 bits per heavy atom. The van der Waals surface area contributed by atoms with Crippen LogP contribution in [0.25, 0.3) is 0 Å². The minimum Gasteiger partial charge on any atom is -0.508 e. The molecule has 2 nitrogen and oxygen atoms in total. The fourth-order valence-electron chi connectivity index (χ4n) is 1.57. The molecule has 0 unspecified atom stereocenters. The van der Waals surface area contributed by atoms with E-state index in [1.165, 1.54) is 12.1 Å². The second kappa shape index (κ2) is 5.71. The van der Waals surface area contributed by atoms with Crippen molar-refractivity contribution >= 4 is 37.5 Å². The summed E-state index contributed by atoms with van der Waals surface area (Å²) in [5.74, 6) is -0.514. The SMILES string of the molecule is Oc1cc(F)cc(CNc2cc(Br)ccc2Br)c1. The highest BCUT2D eigenvalue weighted by molar-refractivity contribution is 9.11. The highest BCUT2D eigenvalue weighted by atomic mass is 79.9. The number of anilines is 1. The molecule has 2 rings (SSSR count). The molecule has 0 aromatic heterocycles. The molecule has 0 spiro atoms. The van der Waals surface area contributed by atoms with Gasteiger partial charge in [-0.3, -0.25) is 0 Å². The Hall–Kier alpha value is -1.07. The molecular formula is C13H10Br2FNO. The van der Waals surface area contributed by atoms with E-state index in [0.29, 0.717) is 12.1 Å². The third-order valence-electron chi connectivity index (χ3n) is 2.35. The molecule has 0 aliphatic carbocycles. The molecular weight excluding hydrogens is 365 g/mol. The lowest BCUT2D eigenvalue weighted by Crippen LogP contribution is -2.00. The monoisotopic (exact) mass is 373 g/mol. The van der Waals surface area contributed by atoms with Crippen molar-refractivity contribution in [1.29, 1.82) is 0 Å². The van der Waals surface area contributed by atoms with E-state index in [4.69, 9.17) is 0 Å². The number of hydrogen-bond donors (Lipinski definition) is 2. The lowest BCUT2D eigenvalue weighted by molar-refractivity contribution is 0.468. The van der Waals surface area contributed by atoms with Crippen LogP contribution in [0.5, 0.6) is 5.75 Å². The molecule has 5 heteroatoms. The summed E-state index contributed by atoms with van der Waals surface area (Å²) < 4.78 is 15.0. The third-order valence-corrected chi connectivity index (χ3v) is 3.54. The van der Waals surface area contributed by atoms with Gasteiger partial charge in [0.15, 0.2) is 0 Å². The summed E-state index contributed by atoms with van der Waals surface area (Å²) in [4.78, 5) is 0. The first-order valence-electron chi connectivity index (χ1n) is 5.22. The van der Waals surface area contributed by atoms with Crippen LogP contribution >= 0.6 is 31.9 Å². The summed E-state index contributed by atoms with van der Waals surface area (Å²) in [6.07, 6.45) is 0. The molecule has 2 N–H and O–H groups in total. The number of benzene rings is 2. The number of rotatable bonds is 3. The van der Waals surface area contributed by atoms with Gasteiger partial charge in [0.1, 0.15) is 11.6 Å². The first-order valence-corrected chi connectivity index (χ1v) is 6.80. The van der Waals surface area contributed by atoms with E-state index in [1.807, 2.05) is 18.2 Å². The van der Waals surface area contributed by atoms with Gasteiger partial charge in [0.05, 0.1) is 0 Å². The topological polar surface area (TPSA) is 32.3 Å². The van der Waals surface area contributed by atoms with Gasteiger partial charge in [0.2, 0.25) is 0 Å². The minimum atomic E-state index is -0.444. The average Bonchev–Trinajstić information content (AvgIpc) is 2.29. The second-order valence-electron chi connectivity index (χ2n) is 3.80. The zero-order valence-electron chi connectivity index (χ0n) is 9.25. The minimum absolute atomic E-state index is 0.0693. The number of halogens is 3. The average molecular weight is 375 g/mol. The van der Waals surface area contributed by atoms with Gasteiger partial charge in [-0.15, -0.1) is 0 Å². The van der Waals surface area contributed by atoms with Gasteiger partial charge in [0, 0.05) is 27.2 Å². The van der Waals surface area contributed by atoms with Gasteiger partial charge in [-0.1, -0.05) is 15.9 Å². The Kier molecular flexibility index (Phi) is 4.24. The van der Waals surface area contributed by atoms with Crippen LogP contribution in [0.1, 0.15) is 5.56 Å². The van der Waals surface area contributed by atoms with Crippen molar-refractivity contribution in [2.45, 2.75) is 6.54 Å². The van der Waals surface area contributed by atoms with Crippen molar-refractivity contribution in [2.75, 3.05) is 5.32 Å². The van der Waals surface area contributed by atoms with E-state index in [2.05, 4.69) is 37.2 Å². The summed E-state index contributed by atoms with van der Waals surface area (Å²) in [6, 6.07) is 9.75. The lowest BCUT2D eigenvalue weighted by atomic mass is 10.2. The van der Waals surface area contributed by atoms with Crippen molar-refractivity contribution < 1.29 is 9.50 Å². The molecule has 2 aromatic rings. The maximum absolute atomic E-state index is 13.1. The number of aromatic hydroxyl groups is 1. The number of phenolic OH excluding ortho intramolecular Hbond substituents is 1. The Morgan fingerprint density at radius 1 is 1.11 bits per heavy atom. The van der Waals surface area contributed by atoms with E-state index in [1.54, 1.807) is 0 Å². The summed E-state index contributed by atoms with van der Waals surface area (Å²) in [6.45, 7) is 0.431. The third kappa shape index (κ3) is 3.46. The largest absolute Gasteiger partial charge is 0.508 e. The second-order valence-corrected chi connectivity index (χ2v) is 5.57. The fourth-order valence-corrected chi connectivity index (χ4v) is 2.31. The highest BCUT2D eigenvalue weighted by Crippen LogP contribution is 2.27. The van der Waals surface area contributed by atoms with Gasteiger partial charge in [0.25, 0.3) is 0 Å². The van der Waals surface area contributed by atoms with Crippen LogP contribution in [-0.2, 0) is 6.54 Å². The molecule has 0 saturated carbocycles. The van der Waals surface area contributed by atoms with Gasteiger partial charge < -0.3 is 10.4 Å². The Bertz CT molecular complexity index is 555. The number of nitrogens with one attached hydrogen (secondary N) is 1. The molecule has 18 heavy (non-hydrogen) atoms. The van der Waals surface area contributed by atoms with Crippen molar-refractivity contribution in [1.82, 2.24) is 0 Å². The summed E-state index contributed by atoms with van der Waals surface area (Å²) in [5, 5.41) is 12.5. The fraction of sp³-hybridized carbons (Fsp3) is 0.0769. The zero-order valence-corrected chi connectivity index (χ0v) is 12.4. The number of hydrogen-bond acceptors (Lipinski definition) is 2. The summed E-state index contributed by atoms with van der Waals surface area (Å²) in [7, 11) is 0. The van der Waals surface area contributed by atoms with Gasteiger partial charge in [-0.2, -0.15) is 0 Å². The first-order chi connectivity index (χ1) is 8.54. The first kappa shape index (κ1) is 13.4. The predicted molar refractivity (Wildman–Crippen MR) is 77.2 cm³/mol. The molecule has 0 fully saturated rings. The predicted octanol–water partition coefficient (Wildman–Crippen LogP) is 4.67. The van der Waals surface area contributed by atoms with Crippen LogP contribution in [0.2, 0.25) is 0 Å². The smallest absolute Gasteiger partial charge is 0.127 e.